The molecule has 0 aliphatic heterocycles. The molecule has 178 valence electrons. The number of pyridine rings is 1. The van der Waals surface area contributed by atoms with Gasteiger partial charge in [0.15, 0.2) is 5.13 Å². The molecule has 35 heavy (non-hydrogen) atoms. The maximum atomic E-state index is 12.7. The van der Waals surface area contributed by atoms with E-state index in [4.69, 9.17) is 4.74 Å². The molecule has 2 aromatic carbocycles. The Morgan fingerprint density at radius 3 is 2.34 bits per heavy atom. The van der Waals surface area contributed by atoms with Crippen LogP contribution in [0.1, 0.15) is 28.4 Å². The topological polar surface area (TPSA) is 122 Å². The van der Waals surface area contributed by atoms with Crippen molar-refractivity contribution in [2.75, 3.05) is 19.0 Å². The van der Waals surface area contributed by atoms with Crippen molar-refractivity contribution in [3.8, 4) is 5.88 Å². The highest BCUT2D eigenvalue weighted by Gasteiger charge is 2.20. The number of carbonyl (C=O) groups is 3. The number of anilines is 1. The number of aromatic nitrogens is 2. The van der Waals surface area contributed by atoms with Crippen LogP contribution in [-0.4, -0.2) is 41.3 Å². The molecule has 0 bridgehead atoms. The molecule has 0 spiro atoms. The van der Waals surface area contributed by atoms with Crippen molar-refractivity contribution in [2.45, 2.75) is 12.5 Å². The zero-order valence-electron chi connectivity index (χ0n) is 18.9. The van der Waals surface area contributed by atoms with Crippen LogP contribution in [0.15, 0.2) is 72.8 Å². The van der Waals surface area contributed by atoms with Gasteiger partial charge in [-0.25, -0.2) is 9.97 Å². The molecule has 4 rings (SSSR count). The summed E-state index contributed by atoms with van der Waals surface area (Å²) in [5, 5.41) is 8.55. The summed E-state index contributed by atoms with van der Waals surface area (Å²) in [7, 11) is 1.52. The smallest absolute Gasteiger partial charge is 0.251 e. The Balaban J connectivity index is 1.35. The lowest BCUT2D eigenvalue weighted by Crippen LogP contribution is -2.37. The maximum absolute atomic E-state index is 12.7. The van der Waals surface area contributed by atoms with Crippen molar-refractivity contribution in [1.82, 2.24) is 20.6 Å². The van der Waals surface area contributed by atoms with E-state index < -0.39 is 11.9 Å². The number of amides is 3. The molecule has 3 amide bonds. The predicted octanol–water partition coefficient (Wildman–Crippen LogP) is 3.32. The highest BCUT2D eigenvalue weighted by atomic mass is 32.1. The lowest BCUT2D eigenvalue weighted by Gasteiger charge is -2.19. The molecule has 10 heteroatoms. The highest BCUT2D eigenvalue weighted by Crippen LogP contribution is 2.26. The number of nitrogens with one attached hydrogen (secondary N) is 3. The first-order valence-electron chi connectivity index (χ1n) is 10.8. The van der Waals surface area contributed by atoms with E-state index in [0.29, 0.717) is 26.9 Å². The minimum Gasteiger partial charge on any atom is -0.481 e. The SMILES string of the molecule is COc1ccc2nc(NC(=O)CNC(=O)CC(NC(=O)c3ccccc3)c3ccccc3)sc2n1. The first-order valence-corrected chi connectivity index (χ1v) is 11.6. The third-order valence-electron chi connectivity index (χ3n) is 5.06. The van der Waals surface area contributed by atoms with Crippen molar-refractivity contribution < 1.29 is 19.1 Å². The number of hydrogen-bond donors (Lipinski definition) is 3. The third-order valence-corrected chi connectivity index (χ3v) is 5.94. The number of benzene rings is 2. The molecule has 0 radical (unpaired) electrons. The molecule has 0 saturated carbocycles. The summed E-state index contributed by atoms with van der Waals surface area (Å²) in [6.45, 7) is -0.236. The van der Waals surface area contributed by atoms with Crippen molar-refractivity contribution in [1.29, 1.82) is 0 Å². The molecule has 0 aliphatic rings. The Morgan fingerprint density at radius 2 is 1.63 bits per heavy atom. The van der Waals surface area contributed by atoms with Crippen LogP contribution < -0.4 is 20.7 Å². The second-order valence-corrected chi connectivity index (χ2v) is 8.51. The number of hydrogen-bond acceptors (Lipinski definition) is 7. The number of carbonyl (C=O) groups excluding carboxylic acids is 3. The number of ether oxygens (including phenoxy) is 1. The van der Waals surface area contributed by atoms with Crippen LogP contribution in [0.3, 0.4) is 0 Å². The van der Waals surface area contributed by atoms with Crippen LogP contribution in [-0.2, 0) is 9.59 Å². The second-order valence-electron chi connectivity index (χ2n) is 7.53. The average Bonchev–Trinajstić information content (AvgIpc) is 3.29. The standard InChI is InChI=1S/C25H23N5O4S/c1-34-22-13-12-18-24(30-22)35-25(28-18)29-21(32)15-26-20(31)14-19(16-8-4-2-5-9-16)27-23(33)17-10-6-3-7-11-17/h2-13,19H,14-15H2,1H3,(H,26,31)(H,27,33)(H,28,29,32). The van der Waals surface area contributed by atoms with Crippen molar-refractivity contribution in [3.05, 3.63) is 83.9 Å². The van der Waals surface area contributed by atoms with Gasteiger partial charge in [-0.15, -0.1) is 0 Å². The van der Waals surface area contributed by atoms with E-state index in [1.807, 2.05) is 36.4 Å². The quantitative estimate of drug-likeness (QED) is 0.332. The van der Waals surface area contributed by atoms with Gasteiger partial charge in [-0.3, -0.25) is 14.4 Å². The summed E-state index contributed by atoms with van der Waals surface area (Å²) in [5.74, 6) is -0.628. The molecule has 4 aromatic rings. The lowest BCUT2D eigenvalue weighted by atomic mass is 10.0. The summed E-state index contributed by atoms with van der Waals surface area (Å²) in [6.07, 6.45) is -0.0271. The molecule has 9 nitrogen and oxygen atoms in total. The summed E-state index contributed by atoms with van der Waals surface area (Å²) < 4.78 is 5.10. The molecule has 3 N–H and O–H groups in total. The fourth-order valence-electron chi connectivity index (χ4n) is 3.34. The second kappa shape index (κ2) is 11.2. The Bertz CT molecular complexity index is 1330. The summed E-state index contributed by atoms with van der Waals surface area (Å²) in [6, 6.07) is 20.9. The number of nitrogens with zero attached hydrogens (tertiary/aromatic N) is 2. The Morgan fingerprint density at radius 1 is 0.914 bits per heavy atom. The normalized spacial score (nSPS) is 11.5. The van der Waals surface area contributed by atoms with Crippen LogP contribution in [0.2, 0.25) is 0 Å². The van der Waals surface area contributed by atoms with Gasteiger partial charge in [-0.05, 0) is 23.8 Å². The van der Waals surface area contributed by atoms with E-state index in [9.17, 15) is 14.4 Å². The molecule has 0 saturated heterocycles. The number of rotatable bonds is 9. The fourth-order valence-corrected chi connectivity index (χ4v) is 4.18. The molecule has 2 heterocycles. The molecule has 2 aromatic heterocycles. The van der Waals surface area contributed by atoms with Crippen molar-refractivity contribution in [3.63, 3.8) is 0 Å². The van der Waals surface area contributed by atoms with Crippen LogP contribution in [0.5, 0.6) is 5.88 Å². The molecular formula is C25H23N5O4S. The van der Waals surface area contributed by atoms with E-state index in [-0.39, 0.29) is 24.8 Å². The minimum atomic E-state index is -0.558. The number of thiazole rings is 1. The van der Waals surface area contributed by atoms with Gasteiger partial charge >= 0.3 is 0 Å². The maximum Gasteiger partial charge on any atom is 0.251 e. The van der Waals surface area contributed by atoms with Gasteiger partial charge < -0.3 is 20.7 Å². The van der Waals surface area contributed by atoms with Gasteiger partial charge in [0.05, 0.1) is 26.1 Å². The fraction of sp³-hybridized carbons (Fsp3) is 0.160. The van der Waals surface area contributed by atoms with Crippen LogP contribution >= 0.6 is 11.3 Å². The molecule has 0 aliphatic carbocycles. The monoisotopic (exact) mass is 489 g/mol. The zero-order valence-corrected chi connectivity index (χ0v) is 19.7. The van der Waals surface area contributed by atoms with Gasteiger partial charge in [0.25, 0.3) is 5.91 Å². The van der Waals surface area contributed by atoms with E-state index in [1.165, 1.54) is 18.4 Å². The lowest BCUT2D eigenvalue weighted by molar-refractivity contribution is -0.124. The van der Waals surface area contributed by atoms with Gasteiger partial charge in [0.2, 0.25) is 17.7 Å². The average molecular weight is 490 g/mol. The van der Waals surface area contributed by atoms with E-state index in [0.717, 1.165) is 5.56 Å². The largest absolute Gasteiger partial charge is 0.481 e. The molecular weight excluding hydrogens is 466 g/mol. The van der Waals surface area contributed by atoms with Gasteiger partial charge in [-0.1, -0.05) is 59.9 Å². The molecule has 1 atom stereocenters. The summed E-state index contributed by atoms with van der Waals surface area (Å²) in [4.78, 5) is 46.9. The predicted molar refractivity (Wildman–Crippen MR) is 133 cm³/mol. The third kappa shape index (κ3) is 6.39. The zero-order chi connectivity index (χ0) is 24.6. The van der Waals surface area contributed by atoms with Crippen molar-refractivity contribution in [2.24, 2.45) is 0 Å². The summed E-state index contributed by atoms with van der Waals surface area (Å²) in [5.41, 5.74) is 1.92. The summed E-state index contributed by atoms with van der Waals surface area (Å²) >= 11 is 1.21. The van der Waals surface area contributed by atoms with E-state index >= 15 is 0 Å². The van der Waals surface area contributed by atoms with Gasteiger partial charge in [-0.2, -0.15) is 0 Å². The number of methoxy groups -OCH3 is 1. The first-order chi connectivity index (χ1) is 17.0. The van der Waals surface area contributed by atoms with E-state index in [2.05, 4.69) is 25.9 Å². The molecule has 1 unspecified atom stereocenters. The van der Waals surface area contributed by atoms with Crippen LogP contribution in [0.4, 0.5) is 5.13 Å². The van der Waals surface area contributed by atoms with Gasteiger partial charge in [0.1, 0.15) is 10.3 Å². The first kappa shape index (κ1) is 23.8. The Labute approximate surface area is 205 Å². The molecule has 0 fully saturated rings. The van der Waals surface area contributed by atoms with Crippen LogP contribution in [0.25, 0.3) is 10.3 Å². The van der Waals surface area contributed by atoms with Crippen LogP contribution in [0, 0.1) is 0 Å². The van der Waals surface area contributed by atoms with E-state index in [1.54, 1.807) is 36.4 Å². The Hall–Kier alpha value is -4.31. The minimum absolute atomic E-state index is 0.0271. The number of fused-ring (bicyclic) bond motifs is 1. The highest BCUT2D eigenvalue weighted by molar-refractivity contribution is 7.21. The van der Waals surface area contributed by atoms with Gasteiger partial charge in [0, 0.05) is 11.6 Å². The Kier molecular flexibility index (Phi) is 7.63. The van der Waals surface area contributed by atoms with Crippen molar-refractivity contribution >= 4 is 44.5 Å².